The van der Waals surface area contributed by atoms with Crippen molar-refractivity contribution in [3.8, 4) is 0 Å². The molecule has 0 amide bonds. The molecule has 0 saturated heterocycles. The molecule has 3 fully saturated rings. The van der Waals surface area contributed by atoms with E-state index in [-0.39, 0.29) is 0 Å². The molecule has 0 aromatic heterocycles. The van der Waals surface area contributed by atoms with Gasteiger partial charge in [0.15, 0.2) is 0 Å². The molecule has 7 aliphatic rings. The van der Waals surface area contributed by atoms with Gasteiger partial charge in [0.25, 0.3) is 0 Å². The third-order valence-corrected chi connectivity index (χ3v) is 11.7. The molecule has 0 bridgehead atoms. The Hall–Kier alpha value is -2.60. The summed E-state index contributed by atoms with van der Waals surface area (Å²) in [5.74, 6) is 0. The van der Waals surface area contributed by atoms with Crippen molar-refractivity contribution in [2.75, 3.05) is 0 Å². The first-order chi connectivity index (χ1) is 25.4. The average Bonchev–Trinajstić information content (AvgIpc) is 4.08. The van der Waals surface area contributed by atoms with E-state index in [0.717, 1.165) is 0 Å². The zero-order valence-corrected chi connectivity index (χ0v) is 33.0. The van der Waals surface area contributed by atoms with Crippen molar-refractivity contribution in [2.45, 2.75) is 199 Å². The molecule has 10 rings (SSSR count). The second-order valence-corrected chi connectivity index (χ2v) is 16.0. The predicted molar refractivity (Wildman–Crippen MR) is 226 cm³/mol. The van der Waals surface area contributed by atoms with Gasteiger partial charge >= 0.3 is 0 Å². The van der Waals surface area contributed by atoms with E-state index in [1.54, 1.807) is 33.4 Å². The van der Waals surface area contributed by atoms with Crippen LogP contribution in [0.25, 0.3) is 0 Å². The van der Waals surface area contributed by atoms with Gasteiger partial charge in [0.2, 0.25) is 0 Å². The Morgan fingerprint density at radius 3 is 0.569 bits per heavy atom. The van der Waals surface area contributed by atoms with Crippen LogP contribution in [-0.2, 0) is 38.5 Å². The second kappa shape index (κ2) is 28.0. The highest BCUT2D eigenvalue weighted by atomic mass is 14.1. The maximum Gasteiger partial charge on any atom is -0.0273 e. The maximum atomic E-state index is 2.26. The van der Waals surface area contributed by atoms with Gasteiger partial charge in [-0.15, -0.1) is 0 Å². The van der Waals surface area contributed by atoms with E-state index < -0.39 is 0 Å². The zero-order chi connectivity index (χ0) is 35.3. The Balaban J connectivity index is 0.000000136. The number of hydrogen-bond acceptors (Lipinski definition) is 0. The summed E-state index contributed by atoms with van der Waals surface area (Å²) < 4.78 is 0. The van der Waals surface area contributed by atoms with Crippen LogP contribution in [0.5, 0.6) is 0 Å². The first-order valence-electron chi connectivity index (χ1n) is 22.3. The Kier molecular flexibility index (Phi) is 22.6. The van der Waals surface area contributed by atoms with Gasteiger partial charge in [0, 0.05) is 0 Å². The summed E-state index contributed by atoms with van der Waals surface area (Å²) >= 11 is 0. The molecule has 3 saturated carbocycles. The molecule has 0 spiro atoms. The Morgan fingerprint density at radius 1 is 0.196 bits per heavy atom. The molecule has 0 nitrogen and oxygen atoms in total. The van der Waals surface area contributed by atoms with Gasteiger partial charge in [-0.1, -0.05) is 194 Å². The summed E-state index contributed by atoms with van der Waals surface area (Å²) in [5, 5.41) is 0. The van der Waals surface area contributed by atoms with Crippen LogP contribution in [0.4, 0.5) is 0 Å². The van der Waals surface area contributed by atoms with Crippen LogP contribution < -0.4 is 0 Å². The van der Waals surface area contributed by atoms with Crippen molar-refractivity contribution in [3.05, 3.63) is 118 Å². The van der Waals surface area contributed by atoms with E-state index in [0.29, 0.717) is 0 Å². The first-order valence-corrected chi connectivity index (χ1v) is 22.3. The van der Waals surface area contributed by atoms with E-state index in [1.807, 2.05) is 0 Å². The Bertz CT molecular complexity index is 1110. The maximum absolute atomic E-state index is 2.26. The smallest absolute Gasteiger partial charge is 0.0273 e. The first kappa shape index (κ1) is 41.2. The number of fused-ring (bicyclic) bond motifs is 3. The van der Waals surface area contributed by atoms with Crippen LogP contribution in [0.1, 0.15) is 194 Å². The lowest BCUT2D eigenvalue weighted by atomic mass is 9.92. The van der Waals surface area contributed by atoms with Crippen molar-refractivity contribution in [1.82, 2.24) is 0 Å². The molecule has 51 heavy (non-hydrogen) atoms. The van der Waals surface area contributed by atoms with E-state index in [9.17, 15) is 0 Å². The molecule has 0 atom stereocenters. The van der Waals surface area contributed by atoms with Crippen LogP contribution in [0.3, 0.4) is 0 Å². The lowest BCUT2D eigenvalue weighted by Crippen LogP contribution is -2.00. The molecule has 3 aromatic rings. The molecule has 3 aromatic carbocycles. The highest BCUT2D eigenvalue weighted by molar-refractivity contribution is 5.31. The minimum atomic E-state index is 1.30. The molecule has 0 aliphatic heterocycles. The summed E-state index contributed by atoms with van der Waals surface area (Å²) in [6.45, 7) is 0. The summed E-state index contributed by atoms with van der Waals surface area (Å²) in [6.07, 6.45) is 48.7. The summed E-state index contributed by atoms with van der Waals surface area (Å²) in [4.78, 5) is 0. The molecule has 0 unspecified atom stereocenters. The molecule has 0 radical (unpaired) electrons. The van der Waals surface area contributed by atoms with Crippen molar-refractivity contribution >= 4 is 0 Å². The normalized spacial score (nSPS) is 19.2. The van der Waals surface area contributed by atoms with Gasteiger partial charge in [-0.25, -0.2) is 0 Å². The van der Waals surface area contributed by atoms with Crippen LogP contribution in [0.2, 0.25) is 0 Å². The van der Waals surface area contributed by atoms with Gasteiger partial charge in [-0.3, -0.25) is 0 Å². The summed E-state index contributed by atoms with van der Waals surface area (Å²) in [6, 6.07) is 26.3. The van der Waals surface area contributed by atoms with Crippen LogP contribution in [0.15, 0.2) is 84.9 Å². The summed E-state index contributed by atoms with van der Waals surface area (Å²) in [7, 11) is 0. The van der Waals surface area contributed by atoms with Gasteiger partial charge in [-0.2, -0.15) is 0 Å². The molecule has 280 valence electrons. The number of rotatable bonds is 0. The van der Waals surface area contributed by atoms with E-state index in [2.05, 4.69) is 84.9 Å². The number of benzene rings is 3. The molecule has 7 aliphatic carbocycles. The van der Waals surface area contributed by atoms with E-state index in [4.69, 9.17) is 0 Å². The summed E-state index contributed by atoms with van der Waals surface area (Å²) in [5.41, 5.74) is 9.44. The lowest BCUT2D eigenvalue weighted by molar-refractivity contribution is 0.504. The van der Waals surface area contributed by atoms with Crippen LogP contribution in [-0.4, -0.2) is 0 Å². The average molecular weight is 689 g/mol. The van der Waals surface area contributed by atoms with Gasteiger partial charge in [0.05, 0.1) is 0 Å². The van der Waals surface area contributed by atoms with Crippen molar-refractivity contribution < 1.29 is 0 Å². The molecule has 0 heterocycles. The standard InChI is InChI=1S/2C10H12.C9H10.2C6H12.C5H10.C5H8/c2*1-2-6-10-8-4-3-7-9(10)5-1;1-2-5-9-7-3-6-8(9)4-1;2*1-2-4-6-5-3-1;2*1-2-4-5-3-1/h2*1-2,5-6H,3-4,7-8H2;1-2,4-5H,3,6-7H2;2*1-6H2;1-5H2;1-2H,3-5H2. The zero-order valence-electron chi connectivity index (χ0n) is 33.0. The Morgan fingerprint density at radius 2 is 0.392 bits per heavy atom. The topological polar surface area (TPSA) is 0 Å². The number of hydrogen-bond donors (Lipinski definition) is 0. The fraction of sp³-hybridized carbons (Fsp3) is 0.608. The SMILES string of the molecule is C1=CCCC1.C1CCCC1.C1CCCCC1.C1CCCCC1.c1ccc2c(c1)CCC2.c1ccc2c(c1)CCCC2.c1ccc2c(c1)CCCC2. The Labute approximate surface area is 316 Å². The monoisotopic (exact) mass is 689 g/mol. The highest BCUT2D eigenvalue weighted by Crippen LogP contribution is 2.22. The van der Waals surface area contributed by atoms with Gasteiger partial charge in [-0.05, 0) is 123 Å². The highest BCUT2D eigenvalue weighted by Gasteiger charge is 2.08. The lowest BCUT2D eigenvalue weighted by Gasteiger charge is -2.13. The minimum absolute atomic E-state index is 1.30. The fourth-order valence-electron chi connectivity index (χ4n) is 8.46. The third kappa shape index (κ3) is 18.6. The molecule has 0 N–H and O–H groups in total. The number of aryl methyl sites for hydroxylation is 6. The van der Waals surface area contributed by atoms with Gasteiger partial charge < -0.3 is 0 Å². The van der Waals surface area contributed by atoms with Crippen molar-refractivity contribution in [3.63, 3.8) is 0 Å². The quantitative estimate of drug-likeness (QED) is 0.206. The fourth-order valence-corrected chi connectivity index (χ4v) is 8.46. The minimum Gasteiger partial charge on any atom is -0.0885 e. The predicted octanol–water partition coefficient (Wildman–Crippen LogP) is 15.7. The third-order valence-electron chi connectivity index (χ3n) is 11.7. The molecule has 0 heteroatoms. The van der Waals surface area contributed by atoms with E-state index >= 15 is 0 Å². The van der Waals surface area contributed by atoms with Gasteiger partial charge in [0.1, 0.15) is 0 Å². The molecular formula is C51H76. The largest absolute Gasteiger partial charge is 0.0885 e. The number of allylic oxidation sites excluding steroid dienone is 2. The van der Waals surface area contributed by atoms with Crippen LogP contribution >= 0.6 is 0 Å². The van der Waals surface area contributed by atoms with Crippen LogP contribution in [0, 0.1) is 0 Å². The van der Waals surface area contributed by atoms with Crippen molar-refractivity contribution in [1.29, 1.82) is 0 Å². The second-order valence-electron chi connectivity index (χ2n) is 16.0. The molecular weight excluding hydrogens is 613 g/mol. The van der Waals surface area contributed by atoms with E-state index in [1.165, 1.54) is 199 Å². The van der Waals surface area contributed by atoms with Crippen molar-refractivity contribution in [2.24, 2.45) is 0 Å².